The second kappa shape index (κ2) is 5.76. The van der Waals surface area contributed by atoms with Crippen LogP contribution in [0, 0.1) is 11.3 Å². The molecule has 0 fully saturated rings. The molecule has 0 spiro atoms. The van der Waals surface area contributed by atoms with Crippen LogP contribution in [0.15, 0.2) is 46.9 Å². The fraction of sp³-hybridized carbons (Fsp3) is 0.0667. The van der Waals surface area contributed by atoms with E-state index in [9.17, 15) is 9.90 Å². The minimum Gasteiger partial charge on any atom is -0.478 e. The van der Waals surface area contributed by atoms with Gasteiger partial charge in [-0.3, -0.25) is 0 Å². The van der Waals surface area contributed by atoms with Crippen molar-refractivity contribution in [1.82, 2.24) is 0 Å². The summed E-state index contributed by atoms with van der Waals surface area (Å²) in [5, 5.41) is 18.4. The normalized spacial score (nSPS) is 9.85. The maximum absolute atomic E-state index is 11.4. The predicted molar refractivity (Wildman–Crippen MR) is 80.3 cm³/mol. The molecule has 0 aliphatic heterocycles. The van der Waals surface area contributed by atoms with Crippen molar-refractivity contribution in [2.24, 2.45) is 0 Å². The monoisotopic (exact) mass is 330 g/mol. The highest BCUT2D eigenvalue weighted by molar-refractivity contribution is 9.10. The smallest absolute Gasteiger partial charge is 0.337 e. The van der Waals surface area contributed by atoms with Crippen LogP contribution in [0.5, 0.6) is 0 Å². The van der Waals surface area contributed by atoms with Crippen molar-refractivity contribution >= 4 is 33.3 Å². The highest BCUT2D eigenvalue weighted by Crippen LogP contribution is 2.31. The van der Waals surface area contributed by atoms with Crippen molar-refractivity contribution in [3.8, 4) is 6.07 Å². The van der Waals surface area contributed by atoms with Gasteiger partial charge in [0, 0.05) is 11.5 Å². The van der Waals surface area contributed by atoms with Gasteiger partial charge in [0.05, 0.1) is 22.5 Å². The summed E-state index contributed by atoms with van der Waals surface area (Å²) in [5.41, 5.74) is 1.87. The molecule has 1 N–H and O–H groups in total. The van der Waals surface area contributed by atoms with Gasteiger partial charge >= 0.3 is 5.97 Å². The van der Waals surface area contributed by atoms with E-state index in [1.165, 1.54) is 0 Å². The molecule has 4 nitrogen and oxygen atoms in total. The Balaban J connectivity index is 2.57. The number of carbonyl (C=O) groups is 1. The largest absolute Gasteiger partial charge is 0.478 e. The zero-order valence-electron chi connectivity index (χ0n) is 10.7. The average Bonchev–Trinajstić information content (AvgIpc) is 2.46. The first-order chi connectivity index (χ1) is 9.54. The third-order valence-corrected chi connectivity index (χ3v) is 3.43. The number of nitriles is 1. The Morgan fingerprint density at radius 1 is 1.25 bits per heavy atom. The maximum atomic E-state index is 11.4. The fourth-order valence-corrected chi connectivity index (χ4v) is 2.32. The van der Waals surface area contributed by atoms with E-state index < -0.39 is 5.97 Å². The number of benzene rings is 2. The molecule has 0 heterocycles. The summed E-state index contributed by atoms with van der Waals surface area (Å²) in [4.78, 5) is 13.1. The molecule has 2 aromatic rings. The van der Waals surface area contributed by atoms with Gasteiger partial charge in [0.1, 0.15) is 6.07 Å². The summed E-state index contributed by atoms with van der Waals surface area (Å²) in [6, 6.07) is 14.2. The van der Waals surface area contributed by atoms with Crippen LogP contribution in [0.3, 0.4) is 0 Å². The second-order valence-corrected chi connectivity index (χ2v) is 5.07. The number of nitrogens with zero attached hydrogens (tertiary/aromatic N) is 2. The summed E-state index contributed by atoms with van der Waals surface area (Å²) >= 11 is 3.26. The van der Waals surface area contributed by atoms with Crippen molar-refractivity contribution in [1.29, 1.82) is 5.26 Å². The molecule has 100 valence electrons. The van der Waals surface area contributed by atoms with E-state index in [1.54, 1.807) is 48.3 Å². The van der Waals surface area contributed by atoms with Gasteiger partial charge < -0.3 is 10.0 Å². The molecule has 0 amide bonds. The number of anilines is 2. The fourth-order valence-electron chi connectivity index (χ4n) is 1.96. The Hall–Kier alpha value is -2.32. The molecule has 0 aliphatic carbocycles. The van der Waals surface area contributed by atoms with Crippen LogP contribution in [0.4, 0.5) is 11.4 Å². The highest BCUT2D eigenvalue weighted by Gasteiger charge is 2.16. The lowest BCUT2D eigenvalue weighted by molar-refractivity contribution is 0.0697. The van der Waals surface area contributed by atoms with E-state index in [0.717, 1.165) is 0 Å². The summed E-state index contributed by atoms with van der Waals surface area (Å²) in [7, 11) is 1.74. The minimum absolute atomic E-state index is 0.176. The lowest BCUT2D eigenvalue weighted by Gasteiger charge is -2.22. The van der Waals surface area contributed by atoms with Crippen molar-refractivity contribution in [2.75, 3.05) is 11.9 Å². The van der Waals surface area contributed by atoms with Crippen molar-refractivity contribution < 1.29 is 9.90 Å². The molecule has 0 saturated heterocycles. The van der Waals surface area contributed by atoms with E-state index in [2.05, 4.69) is 22.0 Å². The van der Waals surface area contributed by atoms with Gasteiger partial charge in [-0.15, -0.1) is 0 Å². The third kappa shape index (κ3) is 2.65. The second-order valence-electron chi connectivity index (χ2n) is 4.15. The van der Waals surface area contributed by atoms with E-state index >= 15 is 0 Å². The standard InChI is InChI=1S/C15H11BrN2O2/c1-18(13-5-3-2-4-10(13)9-17)14-7-6-11(16)8-12(14)15(19)20/h2-8H,1H3,(H,19,20). The van der Waals surface area contributed by atoms with E-state index in [-0.39, 0.29) is 5.56 Å². The summed E-state index contributed by atoms with van der Waals surface area (Å²) in [6.45, 7) is 0. The third-order valence-electron chi connectivity index (χ3n) is 2.94. The number of halogens is 1. The Morgan fingerprint density at radius 2 is 1.95 bits per heavy atom. The number of rotatable bonds is 3. The first kappa shape index (κ1) is 14.1. The van der Waals surface area contributed by atoms with Gasteiger partial charge in [0.2, 0.25) is 0 Å². The summed E-state index contributed by atoms with van der Waals surface area (Å²) in [5.74, 6) is -1.01. The predicted octanol–water partition coefficient (Wildman–Crippen LogP) is 3.79. The first-order valence-corrected chi connectivity index (χ1v) is 6.59. The molecule has 0 atom stereocenters. The Morgan fingerprint density at radius 3 is 2.60 bits per heavy atom. The quantitative estimate of drug-likeness (QED) is 0.929. The number of carboxylic acids is 1. The maximum Gasteiger partial charge on any atom is 0.337 e. The van der Waals surface area contributed by atoms with Crippen LogP contribution in [0.25, 0.3) is 0 Å². The number of hydrogen-bond acceptors (Lipinski definition) is 3. The number of para-hydroxylation sites is 1. The van der Waals surface area contributed by atoms with Crippen molar-refractivity contribution in [3.05, 3.63) is 58.1 Å². The SMILES string of the molecule is CN(c1ccccc1C#N)c1ccc(Br)cc1C(=O)O. The summed E-state index contributed by atoms with van der Waals surface area (Å²) in [6.07, 6.45) is 0. The Kier molecular flexibility index (Phi) is 4.06. The van der Waals surface area contributed by atoms with Crippen LogP contribution in [0.1, 0.15) is 15.9 Å². The number of carboxylic acid groups (broad SMARTS) is 1. The lowest BCUT2D eigenvalue weighted by Crippen LogP contribution is -2.15. The molecule has 0 aromatic heterocycles. The molecular weight excluding hydrogens is 320 g/mol. The Bertz CT molecular complexity index is 707. The average molecular weight is 331 g/mol. The van der Waals surface area contributed by atoms with E-state index in [1.807, 2.05) is 6.07 Å². The molecule has 20 heavy (non-hydrogen) atoms. The van der Waals surface area contributed by atoms with Gasteiger partial charge in [-0.05, 0) is 30.3 Å². The van der Waals surface area contributed by atoms with Gasteiger partial charge in [-0.2, -0.15) is 5.26 Å². The number of hydrogen-bond donors (Lipinski definition) is 1. The molecule has 2 rings (SSSR count). The molecule has 5 heteroatoms. The Labute approximate surface area is 125 Å². The van der Waals surface area contributed by atoms with Crippen molar-refractivity contribution in [3.63, 3.8) is 0 Å². The summed E-state index contributed by atoms with van der Waals surface area (Å²) < 4.78 is 0.695. The van der Waals surface area contributed by atoms with E-state index in [4.69, 9.17) is 5.26 Å². The van der Waals surface area contributed by atoms with Crippen LogP contribution in [-0.4, -0.2) is 18.1 Å². The minimum atomic E-state index is -1.01. The molecule has 0 aliphatic rings. The first-order valence-electron chi connectivity index (χ1n) is 5.80. The topological polar surface area (TPSA) is 64.3 Å². The van der Waals surface area contributed by atoms with E-state index in [0.29, 0.717) is 21.4 Å². The molecule has 0 saturated carbocycles. The lowest BCUT2D eigenvalue weighted by atomic mass is 10.1. The molecule has 2 aromatic carbocycles. The molecule has 0 unspecified atom stereocenters. The molecule has 0 bridgehead atoms. The van der Waals surface area contributed by atoms with Crippen LogP contribution in [-0.2, 0) is 0 Å². The van der Waals surface area contributed by atoms with Gasteiger partial charge in [-0.25, -0.2) is 4.79 Å². The zero-order valence-corrected chi connectivity index (χ0v) is 12.3. The zero-order chi connectivity index (χ0) is 14.7. The van der Waals surface area contributed by atoms with Crippen molar-refractivity contribution in [2.45, 2.75) is 0 Å². The van der Waals surface area contributed by atoms with Crippen LogP contribution >= 0.6 is 15.9 Å². The molecule has 0 radical (unpaired) electrons. The van der Waals surface area contributed by atoms with Gasteiger partial charge in [0.25, 0.3) is 0 Å². The highest BCUT2D eigenvalue weighted by atomic mass is 79.9. The van der Waals surface area contributed by atoms with Gasteiger partial charge in [-0.1, -0.05) is 28.1 Å². The molecular formula is C15H11BrN2O2. The van der Waals surface area contributed by atoms with Crippen LogP contribution in [0.2, 0.25) is 0 Å². The van der Waals surface area contributed by atoms with Gasteiger partial charge in [0.15, 0.2) is 0 Å². The van der Waals surface area contributed by atoms with Crippen LogP contribution < -0.4 is 4.90 Å². The number of aromatic carboxylic acids is 1.